The zero-order chi connectivity index (χ0) is 13.2. The average molecular weight is 249 g/mol. The Morgan fingerprint density at radius 2 is 1.94 bits per heavy atom. The quantitative estimate of drug-likeness (QED) is 0.880. The summed E-state index contributed by atoms with van der Waals surface area (Å²) in [4.78, 5) is 0. The lowest BCUT2D eigenvalue weighted by Crippen LogP contribution is -2.26. The summed E-state index contributed by atoms with van der Waals surface area (Å²) in [5.41, 5.74) is 6.08. The van der Waals surface area contributed by atoms with Crippen molar-refractivity contribution in [2.45, 2.75) is 25.8 Å². The molecule has 0 aliphatic rings. The van der Waals surface area contributed by atoms with E-state index in [4.69, 9.17) is 5.73 Å². The van der Waals surface area contributed by atoms with Crippen molar-refractivity contribution >= 4 is 0 Å². The molecule has 2 N–H and O–H groups in total. The summed E-state index contributed by atoms with van der Waals surface area (Å²) in [6.07, 6.45) is 0. The van der Waals surface area contributed by atoms with Gasteiger partial charge in [0, 0.05) is 6.54 Å². The molecule has 2 aromatic rings. The van der Waals surface area contributed by atoms with E-state index in [1.165, 1.54) is 12.1 Å². The Kier molecular flexibility index (Phi) is 3.38. The molecule has 0 bridgehead atoms. The molecule has 0 fully saturated rings. The van der Waals surface area contributed by atoms with Crippen LogP contribution < -0.4 is 5.73 Å². The predicted molar refractivity (Wildman–Crippen MR) is 65.4 cm³/mol. The molecule has 0 atom stereocenters. The fourth-order valence-corrected chi connectivity index (χ4v) is 1.92. The number of nitrogens with two attached hydrogens (primary N) is 1. The van der Waals surface area contributed by atoms with Crippen molar-refractivity contribution in [3.8, 4) is 0 Å². The Hall–Kier alpha value is -1.82. The molecule has 1 heterocycles. The van der Waals surface area contributed by atoms with Crippen molar-refractivity contribution in [1.82, 2.24) is 20.2 Å². The molecule has 6 heteroatoms. The highest BCUT2D eigenvalue weighted by atomic mass is 19.1. The lowest BCUT2D eigenvalue weighted by atomic mass is 9.84. The minimum Gasteiger partial charge on any atom is -0.329 e. The summed E-state index contributed by atoms with van der Waals surface area (Å²) < 4.78 is 14.6. The molecule has 0 unspecified atom stereocenters. The van der Waals surface area contributed by atoms with Crippen molar-refractivity contribution in [2.75, 3.05) is 6.54 Å². The number of halogens is 1. The highest BCUT2D eigenvalue weighted by molar-refractivity contribution is 5.30. The molecule has 18 heavy (non-hydrogen) atoms. The smallest absolute Gasteiger partial charge is 0.161 e. The SMILES string of the molecule is CC(C)(c1ccc(F)cc1)c1nnnn1CCN. The Morgan fingerprint density at radius 1 is 1.28 bits per heavy atom. The second-order valence-electron chi connectivity index (χ2n) is 4.65. The molecule has 5 nitrogen and oxygen atoms in total. The summed E-state index contributed by atoms with van der Waals surface area (Å²) in [5, 5.41) is 11.7. The average Bonchev–Trinajstić information content (AvgIpc) is 2.79. The zero-order valence-corrected chi connectivity index (χ0v) is 10.5. The van der Waals surface area contributed by atoms with Crippen LogP contribution in [0, 0.1) is 5.82 Å². The lowest BCUT2D eigenvalue weighted by Gasteiger charge is -2.23. The largest absolute Gasteiger partial charge is 0.329 e. The van der Waals surface area contributed by atoms with Gasteiger partial charge in [-0.15, -0.1) is 5.10 Å². The maximum atomic E-state index is 13.0. The van der Waals surface area contributed by atoms with Crippen LogP contribution in [0.3, 0.4) is 0 Å². The van der Waals surface area contributed by atoms with Gasteiger partial charge in [0.05, 0.1) is 12.0 Å². The third-order valence-electron chi connectivity index (χ3n) is 3.00. The monoisotopic (exact) mass is 249 g/mol. The van der Waals surface area contributed by atoms with Gasteiger partial charge >= 0.3 is 0 Å². The fourth-order valence-electron chi connectivity index (χ4n) is 1.92. The van der Waals surface area contributed by atoms with Gasteiger partial charge in [-0.25, -0.2) is 9.07 Å². The van der Waals surface area contributed by atoms with Crippen molar-refractivity contribution in [3.63, 3.8) is 0 Å². The van der Waals surface area contributed by atoms with E-state index in [0.717, 1.165) is 11.4 Å². The van der Waals surface area contributed by atoms with Crippen LogP contribution in [0.4, 0.5) is 4.39 Å². The number of aromatic nitrogens is 4. The van der Waals surface area contributed by atoms with Crippen molar-refractivity contribution in [2.24, 2.45) is 5.73 Å². The number of hydrogen-bond acceptors (Lipinski definition) is 4. The normalized spacial score (nSPS) is 11.8. The summed E-state index contributed by atoms with van der Waals surface area (Å²) in [6.45, 7) is 5.03. The van der Waals surface area contributed by atoms with Crippen LogP contribution in [0.15, 0.2) is 24.3 Å². The molecular weight excluding hydrogens is 233 g/mol. The van der Waals surface area contributed by atoms with Crippen molar-refractivity contribution in [3.05, 3.63) is 41.5 Å². The van der Waals surface area contributed by atoms with Crippen LogP contribution in [-0.4, -0.2) is 26.8 Å². The maximum absolute atomic E-state index is 13.0. The van der Waals surface area contributed by atoms with Crippen LogP contribution >= 0.6 is 0 Å². The van der Waals surface area contributed by atoms with Gasteiger partial charge in [0.25, 0.3) is 0 Å². The molecule has 0 spiro atoms. The van der Waals surface area contributed by atoms with Gasteiger partial charge < -0.3 is 5.73 Å². The molecule has 0 saturated heterocycles. The van der Waals surface area contributed by atoms with Crippen LogP contribution in [0.2, 0.25) is 0 Å². The molecule has 0 aliphatic carbocycles. The number of benzene rings is 1. The Labute approximate surface area is 105 Å². The van der Waals surface area contributed by atoms with Crippen LogP contribution in [0.25, 0.3) is 0 Å². The fraction of sp³-hybridized carbons (Fsp3) is 0.417. The van der Waals surface area contributed by atoms with Gasteiger partial charge in [-0.3, -0.25) is 0 Å². The Morgan fingerprint density at radius 3 is 2.56 bits per heavy atom. The van der Waals surface area contributed by atoms with Gasteiger partial charge in [0.2, 0.25) is 0 Å². The minimum absolute atomic E-state index is 0.254. The third kappa shape index (κ3) is 2.24. The highest BCUT2D eigenvalue weighted by Gasteiger charge is 2.29. The first kappa shape index (κ1) is 12.6. The van der Waals surface area contributed by atoms with Crippen molar-refractivity contribution in [1.29, 1.82) is 0 Å². The first-order chi connectivity index (χ1) is 8.55. The molecule has 0 amide bonds. The van der Waals surface area contributed by atoms with E-state index in [2.05, 4.69) is 15.5 Å². The number of rotatable bonds is 4. The van der Waals surface area contributed by atoms with Gasteiger partial charge in [-0.05, 0) is 42.0 Å². The van der Waals surface area contributed by atoms with E-state index in [-0.39, 0.29) is 5.82 Å². The van der Waals surface area contributed by atoms with Gasteiger partial charge in [0.1, 0.15) is 5.82 Å². The van der Waals surface area contributed by atoms with E-state index in [1.807, 2.05) is 13.8 Å². The molecule has 0 aliphatic heterocycles. The van der Waals surface area contributed by atoms with Crippen LogP contribution in [0.5, 0.6) is 0 Å². The topological polar surface area (TPSA) is 69.6 Å². The Balaban J connectivity index is 2.40. The van der Waals surface area contributed by atoms with Crippen molar-refractivity contribution < 1.29 is 4.39 Å². The zero-order valence-electron chi connectivity index (χ0n) is 10.5. The summed E-state index contributed by atoms with van der Waals surface area (Å²) in [5.74, 6) is 0.468. The molecule has 1 aromatic carbocycles. The summed E-state index contributed by atoms with van der Waals surface area (Å²) >= 11 is 0. The lowest BCUT2D eigenvalue weighted by molar-refractivity contribution is 0.498. The molecule has 96 valence electrons. The van der Waals surface area contributed by atoms with E-state index in [9.17, 15) is 4.39 Å². The highest BCUT2D eigenvalue weighted by Crippen LogP contribution is 2.29. The third-order valence-corrected chi connectivity index (χ3v) is 3.00. The second-order valence-corrected chi connectivity index (χ2v) is 4.65. The standard InChI is InChI=1S/C12H16FN5/c1-12(2,9-3-5-10(13)6-4-9)11-15-16-17-18(11)8-7-14/h3-6H,7-8,14H2,1-2H3. The Bertz CT molecular complexity index is 518. The summed E-state index contributed by atoms with van der Waals surface area (Å²) in [7, 11) is 0. The predicted octanol–water partition coefficient (Wildman–Crippen LogP) is 1.10. The molecule has 1 aromatic heterocycles. The van der Waals surface area contributed by atoms with E-state index < -0.39 is 5.41 Å². The number of hydrogen-bond donors (Lipinski definition) is 1. The first-order valence-corrected chi connectivity index (χ1v) is 5.78. The van der Waals surface area contributed by atoms with Gasteiger partial charge in [-0.1, -0.05) is 12.1 Å². The van der Waals surface area contributed by atoms with Gasteiger partial charge in [0.15, 0.2) is 5.82 Å². The van der Waals surface area contributed by atoms with E-state index >= 15 is 0 Å². The maximum Gasteiger partial charge on any atom is 0.161 e. The van der Waals surface area contributed by atoms with Crippen LogP contribution in [-0.2, 0) is 12.0 Å². The molecule has 0 radical (unpaired) electrons. The molecule has 2 rings (SSSR count). The van der Waals surface area contributed by atoms with Gasteiger partial charge in [-0.2, -0.15) is 0 Å². The van der Waals surface area contributed by atoms with Crippen LogP contribution in [0.1, 0.15) is 25.2 Å². The number of nitrogens with zero attached hydrogens (tertiary/aromatic N) is 4. The number of tetrazole rings is 1. The first-order valence-electron chi connectivity index (χ1n) is 5.78. The second kappa shape index (κ2) is 4.81. The molecular formula is C12H16FN5. The minimum atomic E-state index is -0.396. The molecule has 0 saturated carbocycles. The summed E-state index contributed by atoms with van der Waals surface area (Å²) in [6, 6.07) is 6.37. The van der Waals surface area contributed by atoms with E-state index in [1.54, 1.807) is 16.8 Å². The van der Waals surface area contributed by atoms with E-state index in [0.29, 0.717) is 13.1 Å².